The third-order valence-electron chi connectivity index (χ3n) is 5.68. The predicted octanol–water partition coefficient (Wildman–Crippen LogP) is 3.78. The molecule has 1 amide bonds. The number of halogens is 1. The Kier molecular flexibility index (Phi) is 4.78. The number of nitrogens with one attached hydrogen (secondary N) is 2. The van der Waals surface area contributed by atoms with Gasteiger partial charge in [-0.15, -0.1) is 0 Å². The van der Waals surface area contributed by atoms with E-state index in [0.29, 0.717) is 13.1 Å². The van der Waals surface area contributed by atoms with Gasteiger partial charge in [-0.2, -0.15) is 0 Å². The van der Waals surface area contributed by atoms with Gasteiger partial charge in [0.1, 0.15) is 11.6 Å². The van der Waals surface area contributed by atoms with Gasteiger partial charge in [-0.25, -0.2) is 9.37 Å². The zero-order valence-corrected chi connectivity index (χ0v) is 16.4. The number of hydrogen-bond acceptors (Lipinski definition) is 4. The third-order valence-corrected chi connectivity index (χ3v) is 5.68. The molecule has 1 aliphatic heterocycles. The highest BCUT2D eigenvalue weighted by Gasteiger charge is 2.27. The molecule has 2 aromatic heterocycles. The van der Waals surface area contributed by atoms with Gasteiger partial charge in [0.25, 0.3) is 0 Å². The molecule has 1 aliphatic rings. The second-order valence-corrected chi connectivity index (χ2v) is 7.70. The monoisotopic (exact) mass is 403 g/mol. The van der Waals surface area contributed by atoms with Crippen LogP contribution in [0.15, 0.2) is 54.7 Å². The number of para-hydroxylation sites is 2. The summed E-state index contributed by atoms with van der Waals surface area (Å²) in [5, 5.41) is 3.79. The Morgan fingerprint density at radius 3 is 3.00 bits per heavy atom. The van der Waals surface area contributed by atoms with E-state index in [9.17, 15) is 9.18 Å². The Morgan fingerprint density at radius 2 is 2.10 bits per heavy atom. The average Bonchev–Trinajstić information content (AvgIpc) is 3.20. The Labute approximate surface area is 173 Å². The van der Waals surface area contributed by atoms with E-state index in [2.05, 4.69) is 25.2 Å². The summed E-state index contributed by atoms with van der Waals surface area (Å²) in [7, 11) is 0. The maximum Gasteiger partial charge on any atom is 0.225 e. The van der Waals surface area contributed by atoms with Crippen LogP contribution in [-0.2, 0) is 11.3 Å². The highest BCUT2D eigenvalue weighted by molar-refractivity contribution is 5.92. The minimum atomic E-state index is -0.283. The number of amides is 1. The first kappa shape index (κ1) is 18.5. The quantitative estimate of drug-likeness (QED) is 0.544. The fourth-order valence-corrected chi connectivity index (χ4v) is 4.19. The van der Waals surface area contributed by atoms with Crippen molar-refractivity contribution in [3.8, 4) is 0 Å². The molecule has 0 aliphatic carbocycles. The van der Waals surface area contributed by atoms with E-state index in [1.54, 1.807) is 12.3 Å². The maximum absolute atomic E-state index is 13.8. The standard InChI is InChI=1S/C23H22FN5O/c24-16-7-8-18-17(12-16)21(9-10-25-18)29-11-3-4-15(14-29)23(30)26-13-22-27-19-5-1-2-6-20(19)28-22/h1-2,5-10,12,15H,3-4,11,13-14H2,(H,26,30)(H,27,28). The Bertz CT molecular complexity index is 1190. The van der Waals surface area contributed by atoms with E-state index in [1.165, 1.54) is 12.1 Å². The van der Waals surface area contributed by atoms with Gasteiger partial charge in [0.05, 0.1) is 29.0 Å². The van der Waals surface area contributed by atoms with Crippen LogP contribution in [0.4, 0.5) is 10.1 Å². The summed E-state index contributed by atoms with van der Waals surface area (Å²) in [6.07, 6.45) is 3.47. The van der Waals surface area contributed by atoms with Crippen molar-refractivity contribution in [3.05, 3.63) is 66.4 Å². The van der Waals surface area contributed by atoms with E-state index < -0.39 is 0 Å². The molecule has 2 N–H and O–H groups in total. The van der Waals surface area contributed by atoms with Crippen molar-refractivity contribution >= 4 is 33.5 Å². The first-order valence-electron chi connectivity index (χ1n) is 10.2. The number of hydrogen-bond donors (Lipinski definition) is 2. The van der Waals surface area contributed by atoms with Crippen LogP contribution in [-0.4, -0.2) is 33.9 Å². The fourth-order valence-electron chi connectivity index (χ4n) is 4.19. The molecule has 1 atom stereocenters. The molecule has 1 unspecified atom stereocenters. The van der Waals surface area contributed by atoms with Gasteiger partial charge in [-0.05, 0) is 49.2 Å². The van der Waals surface area contributed by atoms with Crippen LogP contribution in [0, 0.1) is 11.7 Å². The SMILES string of the molecule is O=C(NCc1nc2ccccc2[nH]1)C1CCCN(c2ccnc3ccc(F)cc23)C1. The number of anilines is 1. The smallest absolute Gasteiger partial charge is 0.225 e. The zero-order valence-electron chi connectivity index (χ0n) is 16.4. The number of nitrogens with zero attached hydrogens (tertiary/aromatic N) is 3. The molecular weight excluding hydrogens is 381 g/mol. The Balaban J connectivity index is 1.29. The van der Waals surface area contributed by atoms with Crippen LogP contribution in [0.1, 0.15) is 18.7 Å². The molecule has 0 spiro atoms. The summed E-state index contributed by atoms with van der Waals surface area (Å²) < 4.78 is 13.8. The number of imidazole rings is 1. The van der Waals surface area contributed by atoms with Crippen molar-refractivity contribution < 1.29 is 9.18 Å². The van der Waals surface area contributed by atoms with E-state index >= 15 is 0 Å². The number of aromatic amines is 1. The number of rotatable bonds is 4. The third kappa shape index (κ3) is 3.58. The summed E-state index contributed by atoms with van der Waals surface area (Å²) in [4.78, 5) is 27.1. The zero-order chi connectivity index (χ0) is 20.5. The van der Waals surface area contributed by atoms with Gasteiger partial charge in [0, 0.05) is 30.4 Å². The molecule has 6 nitrogen and oxygen atoms in total. The van der Waals surface area contributed by atoms with Crippen LogP contribution < -0.4 is 10.2 Å². The van der Waals surface area contributed by atoms with Gasteiger partial charge in [0.15, 0.2) is 0 Å². The summed E-state index contributed by atoms with van der Waals surface area (Å²) in [6, 6.07) is 14.3. The molecule has 1 saturated heterocycles. The van der Waals surface area contributed by atoms with Crippen LogP contribution >= 0.6 is 0 Å². The van der Waals surface area contributed by atoms with E-state index in [0.717, 1.165) is 52.8 Å². The summed E-state index contributed by atoms with van der Waals surface area (Å²) in [5.41, 5.74) is 3.53. The van der Waals surface area contributed by atoms with Gasteiger partial charge in [-0.1, -0.05) is 12.1 Å². The van der Waals surface area contributed by atoms with Crippen molar-refractivity contribution in [1.82, 2.24) is 20.3 Å². The second kappa shape index (κ2) is 7.74. The number of pyridine rings is 1. The number of piperidine rings is 1. The number of fused-ring (bicyclic) bond motifs is 2. The number of aromatic nitrogens is 3. The lowest BCUT2D eigenvalue weighted by atomic mass is 9.96. The minimum Gasteiger partial charge on any atom is -0.370 e. The van der Waals surface area contributed by atoms with E-state index in [4.69, 9.17) is 0 Å². The fraction of sp³-hybridized carbons (Fsp3) is 0.261. The minimum absolute atomic E-state index is 0.0182. The number of H-pyrrole nitrogens is 1. The molecule has 3 heterocycles. The first-order chi connectivity index (χ1) is 14.7. The highest BCUT2D eigenvalue weighted by atomic mass is 19.1. The van der Waals surface area contributed by atoms with Crippen LogP contribution in [0.3, 0.4) is 0 Å². The lowest BCUT2D eigenvalue weighted by Crippen LogP contribution is -2.43. The Morgan fingerprint density at radius 1 is 1.20 bits per heavy atom. The van der Waals surface area contributed by atoms with Crippen LogP contribution in [0.2, 0.25) is 0 Å². The number of carbonyl (C=O) groups excluding carboxylic acids is 1. The highest BCUT2D eigenvalue weighted by Crippen LogP contribution is 2.30. The van der Waals surface area contributed by atoms with Crippen molar-refractivity contribution in [1.29, 1.82) is 0 Å². The number of benzene rings is 2. The summed E-state index contributed by atoms with van der Waals surface area (Å²) >= 11 is 0. The van der Waals surface area contributed by atoms with Crippen molar-refractivity contribution in [2.45, 2.75) is 19.4 Å². The Hall–Kier alpha value is -3.48. The normalized spacial score (nSPS) is 16.8. The topological polar surface area (TPSA) is 73.9 Å². The van der Waals surface area contributed by atoms with Gasteiger partial charge >= 0.3 is 0 Å². The molecule has 30 heavy (non-hydrogen) atoms. The molecule has 152 valence electrons. The summed E-state index contributed by atoms with van der Waals surface area (Å²) in [6.45, 7) is 1.80. The maximum atomic E-state index is 13.8. The molecule has 1 fully saturated rings. The first-order valence-corrected chi connectivity index (χ1v) is 10.2. The lowest BCUT2D eigenvalue weighted by Gasteiger charge is -2.34. The molecule has 7 heteroatoms. The largest absolute Gasteiger partial charge is 0.370 e. The molecule has 5 rings (SSSR count). The van der Waals surface area contributed by atoms with E-state index in [1.807, 2.05) is 30.3 Å². The van der Waals surface area contributed by atoms with Crippen molar-refractivity contribution in [2.24, 2.45) is 5.92 Å². The predicted molar refractivity (Wildman–Crippen MR) is 115 cm³/mol. The second-order valence-electron chi connectivity index (χ2n) is 7.70. The molecular formula is C23H22FN5O. The molecule has 2 aromatic carbocycles. The van der Waals surface area contributed by atoms with Crippen LogP contribution in [0.25, 0.3) is 21.9 Å². The van der Waals surface area contributed by atoms with Gasteiger partial charge in [0.2, 0.25) is 5.91 Å². The van der Waals surface area contributed by atoms with E-state index in [-0.39, 0.29) is 17.6 Å². The number of carbonyl (C=O) groups is 1. The van der Waals surface area contributed by atoms with Crippen molar-refractivity contribution in [3.63, 3.8) is 0 Å². The average molecular weight is 403 g/mol. The van der Waals surface area contributed by atoms with Crippen LogP contribution in [0.5, 0.6) is 0 Å². The van der Waals surface area contributed by atoms with Crippen molar-refractivity contribution in [2.75, 3.05) is 18.0 Å². The molecule has 4 aromatic rings. The molecule has 0 bridgehead atoms. The molecule has 0 saturated carbocycles. The molecule has 0 radical (unpaired) electrons. The summed E-state index contributed by atoms with van der Waals surface area (Å²) in [5.74, 6) is 0.353. The van der Waals surface area contributed by atoms with Gasteiger partial charge in [-0.3, -0.25) is 9.78 Å². The lowest BCUT2D eigenvalue weighted by molar-refractivity contribution is -0.125. The van der Waals surface area contributed by atoms with Gasteiger partial charge < -0.3 is 15.2 Å².